The molecule has 21 heavy (non-hydrogen) atoms. The van der Waals surface area contributed by atoms with Gasteiger partial charge < -0.3 is 15.0 Å². The molecule has 0 unspecified atom stereocenters. The zero-order valence-electron chi connectivity index (χ0n) is 12.7. The van der Waals surface area contributed by atoms with Crippen LogP contribution in [0.3, 0.4) is 0 Å². The molecule has 112 valence electrons. The quantitative estimate of drug-likeness (QED) is 0.474. The Bertz CT molecular complexity index is 525. The molecular weight excluding hydrogens is 266 g/mol. The maximum Gasteiger partial charge on any atom is 0.350 e. The van der Waals surface area contributed by atoms with E-state index in [2.05, 4.69) is 24.1 Å². The second-order valence-corrected chi connectivity index (χ2v) is 4.25. The first-order chi connectivity index (χ1) is 10.2. The van der Waals surface area contributed by atoms with E-state index >= 15 is 0 Å². The van der Waals surface area contributed by atoms with E-state index in [1.165, 1.54) is 6.20 Å². The monoisotopic (exact) mass is 287 g/mol. The molecule has 1 rings (SSSR count). The predicted octanol–water partition coefficient (Wildman–Crippen LogP) is 2.92. The minimum atomic E-state index is -0.618. The molecule has 1 aromatic carbocycles. The van der Waals surface area contributed by atoms with Crippen LogP contribution in [-0.2, 0) is 9.53 Å². The maximum absolute atomic E-state index is 11.5. The third-order valence-electron chi connectivity index (χ3n) is 2.99. The Labute approximate surface area is 125 Å². The van der Waals surface area contributed by atoms with Crippen molar-refractivity contribution in [2.45, 2.75) is 20.8 Å². The molecular formula is C16H21N3O2. The number of anilines is 2. The van der Waals surface area contributed by atoms with Gasteiger partial charge in [0.05, 0.1) is 6.61 Å². The summed E-state index contributed by atoms with van der Waals surface area (Å²) in [5.74, 6) is -0.618. The summed E-state index contributed by atoms with van der Waals surface area (Å²) in [7, 11) is 0. The number of carbonyl (C=O) groups excluding carboxylic acids is 1. The SMILES string of the molecule is CCOC(=O)/C(C#N)=C/Nc1ccc(N(CC)CC)cc1. The molecule has 0 radical (unpaired) electrons. The summed E-state index contributed by atoms with van der Waals surface area (Å²) < 4.78 is 4.79. The first-order valence-electron chi connectivity index (χ1n) is 7.05. The summed E-state index contributed by atoms with van der Waals surface area (Å²) in [6.45, 7) is 8.06. The van der Waals surface area contributed by atoms with Crippen LogP contribution in [-0.4, -0.2) is 25.7 Å². The number of nitrogens with one attached hydrogen (secondary N) is 1. The normalized spacial score (nSPS) is 10.7. The van der Waals surface area contributed by atoms with Crippen LogP contribution in [0, 0.1) is 11.3 Å². The van der Waals surface area contributed by atoms with Gasteiger partial charge in [0.25, 0.3) is 0 Å². The van der Waals surface area contributed by atoms with Crippen molar-refractivity contribution in [3.05, 3.63) is 36.0 Å². The van der Waals surface area contributed by atoms with Gasteiger partial charge in [0.15, 0.2) is 5.57 Å². The Hall–Kier alpha value is -2.48. The van der Waals surface area contributed by atoms with Gasteiger partial charge in [0.2, 0.25) is 0 Å². The van der Waals surface area contributed by atoms with Gasteiger partial charge >= 0.3 is 5.97 Å². The number of benzene rings is 1. The Morgan fingerprint density at radius 1 is 1.29 bits per heavy atom. The number of nitrogens with zero attached hydrogens (tertiary/aromatic N) is 2. The van der Waals surface area contributed by atoms with E-state index in [0.717, 1.165) is 24.5 Å². The maximum atomic E-state index is 11.5. The van der Waals surface area contributed by atoms with Crippen molar-refractivity contribution in [2.75, 3.05) is 29.9 Å². The van der Waals surface area contributed by atoms with E-state index in [-0.39, 0.29) is 12.2 Å². The number of rotatable bonds is 7. The van der Waals surface area contributed by atoms with Gasteiger partial charge in [-0.05, 0) is 45.0 Å². The minimum Gasteiger partial charge on any atom is -0.462 e. The summed E-state index contributed by atoms with van der Waals surface area (Å²) in [5.41, 5.74) is 1.90. The fourth-order valence-electron chi connectivity index (χ4n) is 1.86. The van der Waals surface area contributed by atoms with Gasteiger partial charge in [0, 0.05) is 30.7 Å². The highest BCUT2D eigenvalue weighted by Crippen LogP contribution is 2.17. The zero-order chi connectivity index (χ0) is 15.7. The average Bonchev–Trinajstić information content (AvgIpc) is 2.51. The molecule has 0 spiro atoms. The second-order valence-electron chi connectivity index (χ2n) is 4.25. The molecule has 5 heteroatoms. The van der Waals surface area contributed by atoms with Crippen molar-refractivity contribution in [1.82, 2.24) is 0 Å². The van der Waals surface area contributed by atoms with E-state index in [4.69, 9.17) is 10.00 Å². The van der Waals surface area contributed by atoms with Gasteiger partial charge in [-0.25, -0.2) is 4.79 Å². The summed E-state index contributed by atoms with van der Waals surface area (Å²) in [6.07, 6.45) is 1.37. The highest BCUT2D eigenvalue weighted by atomic mass is 16.5. The fraction of sp³-hybridized carbons (Fsp3) is 0.375. The third kappa shape index (κ3) is 4.84. The van der Waals surface area contributed by atoms with Crippen molar-refractivity contribution in [1.29, 1.82) is 5.26 Å². The van der Waals surface area contributed by atoms with E-state index in [1.807, 2.05) is 30.3 Å². The van der Waals surface area contributed by atoms with Crippen molar-refractivity contribution < 1.29 is 9.53 Å². The summed E-state index contributed by atoms with van der Waals surface area (Å²) in [4.78, 5) is 13.7. The first-order valence-corrected chi connectivity index (χ1v) is 7.05. The standard InChI is InChI=1S/C16H21N3O2/c1-4-19(5-2)15-9-7-14(8-10-15)18-12-13(11-17)16(20)21-6-3/h7-10,12,18H,4-6H2,1-3H3/b13-12+. The van der Waals surface area contributed by atoms with Gasteiger partial charge in [-0.1, -0.05) is 0 Å². The number of nitriles is 1. The second kappa shape index (κ2) is 8.64. The molecule has 5 nitrogen and oxygen atoms in total. The molecule has 0 saturated heterocycles. The molecule has 0 amide bonds. The fourth-order valence-corrected chi connectivity index (χ4v) is 1.86. The molecule has 0 saturated carbocycles. The lowest BCUT2D eigenvalue weighted by Crippen LogP contribution is -2.21. The number of hydrogen-bond donors (Lipinski definition) is 1. The topological polar surface area (TPSA) is 65.4 Å². The minimum absolute atomic E-state index is 0.0512. The third-order valence-corrected chi connectivity index (χ3v) is 2.99. The zero-order valence-corrected chi connectivity index (χ0v) is 12.7. The highest BCUT2D eigenvalue weighted by molar-refractivity contribution is 5.93. The number of hydrogen-bond acceptors (Lipinski definition) is 5. The van der Waals surface area contributed by atoms with Crippen molar-refractivity contribution in [3.8, 4) is 6.07 Å². The lowest BCUT2D eigenvalue weighted by atomic mass is 10.2. The Balaban J connectivity index is 2.75. The summed E-state index contributed by atoms with van der Waals surface area (Å²) in [6, 6.07) is 9.63. The van der Waals surface area contributed by atoms with E-state index < -0.39 is 5.97 Å². The molecule has 1 aromatic rings. The van der Waals surface area contributed by atoms with E-state index in [1.54, 1.807) is 6.92 Å². The lowest BCUT2D eigenvalue weighted by Gasteiger charge is -2.21. The molecule has 0 aliphatic heterocycles. The first kappa shape index (κ1) is 16.6. The molecule has 0 bridgehead atoms. The van der Waals surface area contributed by atoms with Gasteiger partial charge in [-0.15, -0.1) is 0 Å². The molecule has 0 aliphatic carbocycles. The molecule has 0 heterocycles. The van der Waals surface area contributed by atoms with Crippen LogP contribution in [0.25, 0.3) is 0 Å². The largest absolute Gasteiger partial charge is 0.462 e. The van der Waals surface area contributed by atoms with Gasteiger partial charge in [0.1, 0.15) is 6.07 Å². The summed E-state index contributed by atoms with van der Waals surface area (Å²) >= 11 is 0. The number of esters is 1. The van der Waals surface area contributed by atoms with Gasteiger partial charge in [-0.3, -0.25) is 0 Å². The Morgan fingerprint density at radius 3 is 2.38 bits per heavy atom. The number of ether oxygens (including phenoxy) is 1. The smallest absolute Gasteiger partial charge is 0.350 e. The Morgan fingerprint density at radius 2 is 1.90 bits per heavy atom. The average molecular weight is 287 g/mol. The van der Waals surface area contributed by atoms with Crippen LogP contribution in [0.4, 0.5) is 11.4 Å². The molecule has 0 aliphatic rings. The van der Waals surface area contributed by atoms with Crippen LogP contribution >= 0.6 is 0 Å². The van der Waals surface area contributed by atoms with Gasteiger partial charge in [-0.2, -0.15) is 5.26 Å². The van der Waals surface area contributed by atoms with Crippen LogP contribution in [0.5, 0.6) is 0 Å². The van der Waals surface area contributed by atoms with E-state index in [0.29, 0.717) is 0 Å². The van der Waals surface area contributed by atoms with Crippen LogP contribution < -0.4 is 10.2 Å². The predicted molar refractivity (Wildman–Crippen MR) is 84.0 cm³/mol. The molecule has 0 aromatic heterocycles. The van der Waals surface area contributed by atoms with Crippen LogP contribution in [0.15, 0.2) is 36.0 Å². The van der Waals surface area contributed by atoms with Crippen LogP contribution in [0.1, 0.15) is 20.8 Å². The van der Waals surface area contributed by atoms with Crippen molar-refractivity contribution >= 4 is 17.3 Å². The Kier molecular flexibility index (Phi) is 6.82. The van der Waals surface area contributed by atoms with Crippen LogP contribution in [0.2, 0.25) is 0 Å². The van der Waals surface area contributed by atoms with Crippen molar-refractivity contribution in [3.63, 3.8) is 0 Å². The number of carbonyl (C=O) groups is 1. The molecule has 0 atom stereocenters. The highest BCUT2D eigenvalue weighted by Gasteiger charge is 2.09. The molecule has 1 N–H and O–H groups in total. The van der Waals surface area contributed by atoms with E-state index in [9.17, 15) is 4.79 Å². The lowest BCUT2D eigenvalue weighted by molar-refractivity contribution is -0.138. The molecule has 0 fully saturated rings. The summed E-state index contributed by atoms with van der Waals surface area (Å²) in [5, 5.41) is 11.8. The van der Waals surface area contributed by atoms with Crippen molar-refractivity contribution in [2.24, 2.45) is 0 Å².